The lowest BCUT2D eigenvalue weighted by molar-refractivity contribution is 0.0962. The van der Waals surface area contributed by atoms with E-state index in [0.29, 0.717) is 5.56 Å². The van der Waals surface area contributed by atoms with Gasteiger partial charge in [0.05, 0.1) is 0 Å². The Hall–Kier alpha value is -2.24. The molecule has 1 amide bonds. The fourth-order valence-electron chi connectivity index (χ4n) is 3.02. The van der Waals surface area contributed by atoms with Gasteiger partial charge in [0.15, 0.2) is 0 Å². The van der Waals surface area contributed by atoms with Gasteiger partial charge in [-0.15, -0.1) is 0 Å². The Morgan fingerprint density at radius 2 is 2.17 bits per heavy atom. The highest BCUT2D eigenvalue weighted by Gasteiger charge is 2.24. The minimum Gasteiger partial charge on any atom is -0.355 e. The van der Waals surface area contributed by atoms with Crippen LogP contribution < -0.4 is 10.6 Å². The number of nitrogens with one attached hydrogen (secondary N) is 2. The fraction of sp³-hybridized carbons (Fsp3) is 0.333. The quantitative estimate of drug-likeness (QED) is 0.900. The third-order valence-corrected chi connectivity index (χ3v) is 4.25. The first-order valence-corrected chi connectivity index (χ1v) is 7.93. The van der Waals surface area contributed by atoms with Crippen molar-refractivity contribution >= 4 is 5.91 Å². The van der Waals surface area contributed by atoms with Crippen LogP contribution >= 0.6 is 0 Å². The van der Waals surface area contributed by atoms with E-state index in [2.05, 4.69) is 38.7 Å². The molecular weight excluding hydrogens is 288 g/mol. The number of hydrogen-bond acceptors (Lipinski definition) is 4. The van der Waals surface area contributed by atoms with Gasteiger partial charge in [0, 0.05) is 57.2 Å². The summed E-state index contributed by atoms with van der Waals surface area (Å²) < 4.78 is 0. The highest BCUT2D eigenvalue weighted by molar-refractivity contribution is 5.94. The number of carbonyl (C=O) groups excluding carboxylic acids is 1. The maximum Gasteiger partial charge on any atom is 0.251 e. The summed E-state index contributed by atoms with van der Waals surface area (Å²) in [5.41, 5.74) is 3.14. The SMILES string of the molecule is CNC(=O)c1cccc([C@H]2CNCCN2Cc2ccncc2)c1. The van der Waals surface area contributed by atoms with Gasteiger partial charge in [-0.3, -0.25) is 14.7 Å². The molecule has 120 valence electrons. The summed E-state index contributed by atoms with van der Waals surface area (Å²) >= 11 is 0. The molecule has 1 aromatic carbocycles. The van der Waals surface area contributed by atoms with E-state index in [1.165, 1.54) is 11.1 Å². The summed E-state index contributed by atoms with van der Waals surface area (Å²) in [7, 11) is 1.66. The van der Waals surface area contributed by atoms with Gasteiger partial charge in [-0.05, 0) is 35.4 Å². The normalized spacial score (nSPS) is 18.6. The Kier molecular flexibility index (Phi) is 5.00. The van der Waals surface area contributed by atoms with Crippen molar-refractivity contribution in [2.24, 2.45) is 0 Å². The smallest absolute Gasteiger partial charge is 0.251 e. The van der Waals surface area contributed by atoms with Crippen LogP contribution in [-0.4, -0.2) is 42.5 Å². The highest BCUT2D eigenvalue weighted by Crippen LogP contribution is 2.24. The second-order valence-corrected chi connectivity index (χ2v) is 5.75. The van der Waals surface area contributed by atoms with Gasteiger partial charge in [-0.2, -0.15) is 0 Å². The van der Waals surface area contributed by atoms with E-state index in [0.717, 1.165) is 26.2 Å². The van der Waals surface area contributed by atoms with Crippen molar-refractivity contribution in [3.63, 3.8) is 0 Å². The van der Waals surface area contributed by atoms with E-state index in [9.17, 15) is 4.79 Å². The average molecular weight is 310 g/mol. The molecule has 1 saturated heterocycles. The fourth-order valence-corrected chi connectivity index (χ4v) is 3.02. The van der Waals surface area contributed by atoms with Crippen LogP contribution in [0.1, 0.15) is 27.5 Å². The molecule has 5 nitrogen and oxygen atoms in total. The molecule has 1 aliphatic rings. The largest absolute Gasteiger partial charge is 0.355 e. The van der Waals surface area contributed by atoms with Crippen LogP contribution in [0.5, 0.6) is 0 Å². The van der Waals surface area contributed by atoms with Crippen LogP contribution in [0.15, 0.2) is 48.8 Å². The number of piperazine rings is 1. The number of rotatable bonds is 4. The van der Waals surface area contributed by atoms with E-state index in [4.69, 9.17) is 0 Å². The van der Waals surface area contributed by atoms with Crippen LogP contribution in [0.25, 0.3) is 0 Å². The second kappa shape index (κ2) is 7.35. The molecule has 0 spiro atoms. The molecule has 0 saturated carbocycles. The summed E-state index contributed by atoms with van der Waals surface area (Å²) in [5, 5.41) is 6.14. The second-order valence-electron chi connectivity index (χ2n) is 5.75. The third-order valence-electron chi connectivity index (χ3n) is 4.25. The zero-order chi connectivity index (χ0) is 16.1. The summed E-state index contributed by atoms with van der Waals surface area (Å²) in [6, 6.07) is 12.3. The number of carbonyl (C=O) groups is 1. The molecule has 1 aromatic heterocycles. The summed E-state index contributed by atoms with van der Waals surface area (Å²) in [4.78, 5) is 18.4. The number of pyridine rings is 1. The molecule has 1 fully saturated rings. The lowest BCUT2D eigenvalue weighted by atomic mass is 10.00. The third kappa shape index (κ3) is 3.75. The molecule has 1 atom stereocenters. The van der Waals surface area contributed by atoms with E-state index >= 15 is 0 Å². The van der Waals surface area contributed by atoms with E-state index in [-0.39, 0.29) is 11.9 Å². The molecule has 0 aliphatic carbocycles. The Morgan fingerprint density at radius 3 is 2.96 bits per heavy atom. The van der Waals surface area contributed by atoms with Crippen LogP contribution in [0.2, 0.25) is 0 Å². The summed E-state index contributed by atoms with van der Waals surface area (Å²) in [6.45, 7) is 3.75. The summed E-state index contributed by atoms with van der Waals surface area (Å²) in [6.07, 6.45) is 3.66. The standard InChI is InChI=1S/C18H22N4O/c1-19-18(23)16-4-2-3-15(11-16)17-12-21-9-10-22(17)13-14-5-7-20-8-6-14/h2-8,11,17,21H,9-10,12-13H2,1H3,(H,19,23)/t17-/m1/s1. The van der Waals surface area contributed by atoms with Gasteiger partial charge in [0.1, 0.15) is 0 Å². The maximum atomic E-state index is 11.9. The Labute approximate surface area is 136 Å². The number of hydrogen-bond donors (Lipinski definition) is 2. The zero-order valence-electron chi connectivity index (χ0n) is 13.3. The molecular formula is C18H22N4O. The van der Waals surface area contributed by atoms with Crippen LogP contribution in [0.4, 0.5) is 0 Å². The van der Waals surface area contributed by atoms with Crippen LogP contribution in [0, 0.1) is 0 Å². The Morgan fingerprint density at radius 1 is 1.35 bits per heavy atom. The molecule has 0 unspecified atom stereocenters. The first kappa shape index (κ1) is 15.6. The van der Waals surface area contributed by atoms with Gasteiger partial charge in [0.25, 0.3) is 5.91 Å². The predicted octanol–water partition coefficient (Wildman–Crippen LogP) is 1.59. The molecule has 5 heteroatoms. The van der Waals surface area contributed by atoms with Crippen molar-refractivity contribution in [3.05, 3.63) is 65.5 Å². The minimum absolute atomic E-state index is 0.0451. The number of aromatic nitrogens is 1. The molecule has 0 radical (unpaired) electrons. The van der Waals surface area contributed by atoms with E-state index < -0.39 is 0 Å². The molecule has 2 heterocycles. The van der Waals surface area contributed by atoms with Crippen LogP contribution in [0.3, 0.4) is 0 Å². The number of benzene rings is 1. The predicted molar refractivity (Wildman–Crippen MR) is 90.1 cm³/mol. The van der Waals surface area contributed by atoms with E-state index in [1.807, 2.05) is 30.6 Å². The van der Waals surface area contributed by atoms with Crippen molar-refractivity contribution in [1.82, 2.24) is 20.5 Å². The summed E-state index contributed by atoms with van der Waals surface area (Å²) in [5.74, 6) is -0.0451. The van der Waals surface area contributed by atoms with Gasteiger partial charge in [-0.25, -0.2) is 0 Å². The Bertz CT molecular complexity index is 659. The van der Waals surface area contributed by atoms with Crippen molar-refractivity contribution in [3.8, 4) is 0 Å². The molecule has 2 N–H and O–H groups in total. The van der Waals surface area contributed by atoms with Crippen molar-refractivity contribution in [1.29, 1.82) is 0 Å². The van der Waals surface area contributed by atoms with Crippen molar-refractivity contribution < 1.29 is 4.79 Å². The number of amides is 1. The molecule has 1 aliphatic heterocycles. The topological polar surface area (TPSA) is 57.3 Å². The van der Waals surface area contributed by atoms with Crippen molar-refractivity contribution in [2.75, 3.05) is 26.7 Å². The molecule has 23 heavy (non-hydrogen) atoms. The molecule has 3 rings (SSSR count). The van der Waals surface area contributed by atoms with Gasteiger partial charge in [0.2, 0.25) is 0 Å². The molecule has 0 bridgehead atoms. The zero-order valence-corrected chi connectivity index (χ0v) is 13.3. The minimum atomic E-state index is -0.0451. The first-order valence-electron chi connectivity index (χ1n) is 7.93. The average Bonchev–Trinajstić information content (AvgIpc) is 2.62. The maximum absolute atomic E-state index is 11.9. The lowest BCUT2D eigenvalue weighted by Crippen LogP contribution is -2.45. The van der Waals surface area contributed by atoms with Gasteiger partial charge < -0.3 is 10.6 Å². The van der Waals surface area contributed by atoms with Gasteiger partial charge in [-0.1, -0.05) is 12.1 Å². The van der Waals surface area contributed by atoms with Crippen LogP contribution in [-0.2, 0) is 6.54 Å². The number of nitrogens with zero attached hydrogens (tertiary/aromatic N) is 2. The Balaban J connectivity index is 1.82. The van der Waals surface area contributed by atoms with E-state index in [1.54, 1.807) is 7.05 Å². The lowest BCUT2D eigenvalue weighted by Gasteiger charge is -2.36. The van der Waals surface area contributed by atoms with Gasteiger partial charge >= 0.3 is 0 Å². The monoisotopic (exact) mass is 310 g/mol. The molecule has 2 aromatic rings. The highest BCUT2D eigenvalue weighted by atomic mass is 16.1. The van der Waals surface area contributed by atoms with Crippen molar-refractivity contribution in [2.45, 2.75) is 12.6 Å². The first-order chi connectivity index (χ1) is 11.3.